The Morgan fingerprint density at radius 2 is 0.955 bits per heavy atom. The first-order valence-electron chi connectivity index (χ1n) is 14.9. The lowest BCUT2D eigenvalue weighted by Crippen LogP contribution is -2.46. The first kappa shape index (κ1) is 38.3. The Bertz CT molecular complexity index is 998. The van der Waals surface area contributed by atoms with Crippen LogP contribution in [0, 0.1) is 0 Å². The average molecular weight is 695 g/mol. The summed E-state index contributed by atoms with van der Waals surface area (Å²) in [6.07, 6.45) is 4.28. The number of rotatable bonds is 23. The molecule has 2 heterocycles. The Hall–Kier alpha value is -1.89. The quantitative estimate of drug-likeness (QED) is 0.0979. The van der Waals surface area contributed by atoms with Crippen molar-refractivity contribution in [2.75, 3.05) is 52.7 Å². The van der Waals surface area contributed by atoms with E-state index in [1.54, 1.807) is 0 Å². The van der Waals surface area contributed by atoms with Crippen molar-refractivity contribution in [3.63, 3.8) is 0 Å². The Morgan fingerprint density at radius 3 is 1.25 bits per heavy atom. The molecule has 0 aromatic carbocycles. The van der Waals surface area contributed by atoms with Crippen LogP contribution in [0.25, 0.3) is 0 Å². The van der Waals surface area contributed by atoms with E-state index in [1.807, 2.05) is 41.5 Å². The number of nitrogens with zero attached hydrogens (tertiary/aromatic N) is 6. The van der Waals surface area contributed by atoms with Crippen molar-refractivity contribution < 1.29 is 36.1 Å². The van der Waals surface area contributed by atoms with E-state index in [4.69, 9.17) is 26.6 Å². The summed E-state index contributed by atoms with van der Waals surface area (Å²) >= 11 is 0. The van der Waals surface area contributed by atoms with Gasteiger partial charge in [0.05, 0.1) is 12.4 Å². The van der Waals surface area contributed by atoms with E-state index in [1.165, 1.54) is 34.0 Å². The predicted molar refractivity (Wildman–Crippen MR) is 169 cm³/mol. The molecule has 20 heteroatoms. The van der Waals surface area contributed by atoms with Gasteiger partial charge in [0.25, 0.3) is 0 Å². The summed E-state index contributed by atoms with van der Waals surface area (Å²) in [4.78, 5) is 25.1. The fourth-order valence-electron chi connectivity index (χ4n) is 4.02. The molecule has 2 aromatic rings. The van der Waals surface area contributed by atoms with Crippen molar-refractivity contribution in [3.05, 3.63) is 12.4 Å². The highest BCUT2D eigenvalue weighted by Gasteiger charge is 2.40. The summed E-state index contributed by atoms with van der Waals surface area (Å²) in [7, 11) is -3.04. The number of carbonyl (C=O) groups is 2. The molecule has 2 N–H and O–H groups in total. The summed E-state index contributed by atoms with van der Waals surface area (Å²) in [5, 5.41) is 22.5. The Balaban J connectivity index is 1.77. The molecule has 0 aliphatic carbocycles. The van der Waals surface area contributed by atoms with E-state index >= 15 is 0 Å². The van der Waals surface area contributed by atoms with Crippen LogP contribution < -0.4 is 10.6 Å². The molecule has 2 amide bonds. The predicted octanol–water partition coefficient (Wildman–Crippen LogP) is 3.66. The van der Waals surface area contributed by atoms with Crippen molar-refractivity contribution in [2.45, 2.75) is 76.5 Å². The van der Waals surface area contributed by atoms with Gasteiger partial charge in [-0.05, 0) is 76.0 Å². The number of hydrogen-bond donors (Lipinski definition) is 2. The molecule has 44 heavy (non-hydrogen) atoms. The molecule has 250 valence electrons. The highest BCUT2D eigenvalue weighted by molar-refractivity contribution is 8.76. The summed E-state index contributed by atoms with van der Waals surface area (Å²) in [5.41, 5.74) is 0. The maximum Gasteiger partial charge on any atom is 0.500 e. The zero-order valence-electron chi connectivity index (χ0n) is 26.4. The largest absolute Gasteiger partial charge is 0.500 e. The van der Waals surface area contributed by atoms with Gasteiger partial charge >= 0.3 is 29.7 Å². The van der Waals surface area contributed by atoms with Crippen LogP contribution in [0.3, 0.4) is 0 Å². The van der Waals surface area contributed by atoms with E-state index in [-0.39, 0.29) is 0 Å². The monoisotopic (exact) mass is 694 g/mol. The number of aromatic nitrogens is 6. The van der Waals surface area contributed by atoms with Crippen molar-refractivity contribution in [1.82, 2.24) is 40.6 Å². The molecule has 2 aromatic heterocycles. The summed E-state index contributed by atoms with van der Waals surface area (Å²) < 4.78 is 37.3. The zero-order chi connectivity index (χ0) is 32.3. The summed E-state index contributed by atoms with van der Waals surface area (Å²) in [5.74, 6) is 0. The lowest BCUT2D eigenvalue weighted by Gasteiger charge is -2.28. The van der Waals surface area contributed by atoms with Crippen LogP contribution in [-0.2, 0) is 26.6 Å². The third-order valence-electron chi connectivity index (χ3n) is 5.63. The summed E-state index contributed by atoms with van der Waals surface area (Å²) in [6.45, 7) is 15.3. The second-order valence-electron chi connectivity index (χ2n) is 8.80. The van der Waals surface area contributed by atoms with Crippen LogP contribution in [0.2, 0.25) is 12.1 Å². The number of amides is 2. The highest BCUT2D eigenvalue weighted by atomic mass is 33.1. The van der Waals surface area contributed by atoms with Gasteiger partial charge in [0.2, 0.25) is 0 Å². The third kappa shape index (κ3) is 12.8. The van der Waals surface area contributed by atoms with Gasteiger partial charge in [0.1, 0.15) is 10.1 Å². The molecular formula is C24H46N8O8S2Si2. The van der Waals surface area contributed by atoms with Gasteiger partial charge < -0.3 is 37.2 Å². The minimum atomic E-state index is -2.76. The van der Waals surface area contributed by atoms with Gasteiger partial charge in [-0.15, -0.1) is 10.2 Å². The summed E-state index contributed by atoms with van der Waals surface area (Å²) in [6, 6.07) is 0.373. The SMILES string of the molecule is CCO[Si](CCCNC(=O)n1cc(SSc2cn(C(=O)NCCC[Si](OCC)(OCC)OCC)nn2)nn1)(OCC)OCC. The fourth-order valence-corrected chi connectivity index (χ4v) is 10.8. The molecule has 0 atom stereocenters. The van der Waals surface area contributed by atoms with E-state index < -0.39 is 29.7 Å². The maximum atomic E-state index is 12.5. The van der Waals surface area contributed by atoms with Crippen LogP contribution in [0.15, 0.2) is 22.4 Å². The van der Waals surface area contributed by atoms with Crippen LogP contribution in [0.1, 0.15) is 54.4 Å². The second-order valence-corrected chi connectivity index (χ2v) is 16.4. The van der Waals surface area contributed by atoms with Gasteiger partial charge in [0.15, 0.2) is 0 Å². The smallest absolute Gasteiger partial charge is 0.374 e. The molecule has 0 radical (unpaired) electrons. The van der Waals surface area contributed by atoms with Crippen molar-refractivity contribution >= 4 is 51.3 Å². The van der Waals surface area contributed by atoms with Gasteiger partial charge in [0, 0.05) is 64.8 Å². The highest BCUT2D eigenvalue weighted by Crippen LogP contribution is 2.34. The lowest BCUT2D eigenvalue weighted by molar-refractivity contribution is 0.0700. The third-order valence-corrected chi connectivity index (χ3v) is 14.0. The maximum absolute atomic E-state index is 12.5. The average Bonchev–Trinajstić information content (AvgIpc) is 3.67. The van der Waals surface area contributed by atoms with Gasteiger partial charge in [-0.3, -0.25) is 0 Å². The van der Waals surface area contributed by atoms with Crippen LogP contribution in [-0.4, -0.2) is 112 Å². The van der Waals surface area contributed by atoms with Crippen LogP contribution in [0.4, 0.5) is 9.59 Å². The standard InChI is InChI=1S/C24H46N8O8S2Si2/c1-7-35-43(36-8-2,37-9-3)17-13-15-25-23(33)31-19-21(27-29-31)41-42-22-20-32(30-28-22)24(34)26-16-14-18-44(38-10-4,39-11-5)40-12-6/h19-20H,7-18H2,1-6H3,(H,25,33)(H,26,34). The molecule has 0 aliphatic heterocycles. The molecule has 0 saturated heterocycles. The molecule has 0 saturated carbocycles. The molecule has 0 aliphatic rings. The van der Waals surface area contributed by atoms with Crippen molar-refractivity contribution in [1.29, 1.82) is 0 Å². The van der Waals surface area contributed by atoms with E-state index in [2.05, 4.69) is 31.3 Å². The van der Waals surface area contributed by atoms with Crippen LogP contribution in [0.5, 0.6) is 0 Å². The molecule has 0 spiro atoms. The lowest BCUT2D eigenvalue weighted by atomic mass is 10.5. The van der Waals surface area contributed by atoms with Gasteiger partial charge in [-0.1, -0.05) is 10.4 Å². The van der Waals surface area contributed by atoms with E-state index in [0.29, 0.717) is 87.7 Å². The van der Waals surface area contributed by atoms with E-state index in [9.17, 15) is 9.59 Å². The fraction of sp³-hybridized carbons (Fsp3) is 0.750. The number of hydrogen-bond acceptors (Lipinski definition) is 14. The second kappa shape index (κ2) is 21.0. The molecule has 16 nitrogen and oxygen atoms in total. The van der Waals surface area contributed by atoms with Crippen molar-refractivity contribution in [2.24, 2.45) is 0 Å². The normalized spacial score (nSPS) is 12.0. The van der Waals surface area contributed by atoms with Crippen LogP contribution >= 0.6 is 21.6 Å². The molecule has 0 bridgehead atoms. The first-order valence-corrected chi connectivity index (χ1v) is 20.9. The molecule has 0 unspecified atom stereocenters. The van der Waals surface area contributed by atoms with Gasteiger partial charge in [-0.25, -0.2) is 9.59 Å². The minimum Gasteiger partial charge on any atom is -0.374 e. The topological polar surface area (TPSA) is 175 Å². The van der Waals surface area contributed by atoms with Gasteiger partial charge in [-0.2, -0.15) is 9.36 Å². The minimum absolute atomic E-state index is 0.400. The van der Waals surface area contributed by atoms with Crippen molar-refractivity contribution in [3.8, 4) is 0 Å². The molecular weight excluding hydrogens is 649 g/mol. The number of nitrogens with one attached hydrogen (secondary N) is 2. The molecule has 0 fully saturated rings. The zero-order valence-corrected chi connectivity index (χ0v) is 30.0. The first-order chi connectivity index (χ1) is 21.3. The number of carbonyl (C=O) groups excluding carboxylic acids is 2. The Labute approximate surface area is 269 Å². The Morgan fingerprint density at radius 1 is 0.636 bits per heavy atom. The Kier molecular flexibility index (Phi) is 18.3. The molecule has 2 rings (SSSR count). The van der Waals surface area contributed by atoms with E-state index in [0.717, 1.165) is 9.36 Å².